The Bertz CT molecular complexity index is 2040. The molecule has 3 aromatic heterocycles. The second kappa shape index (κ2) is 11.1. The molecule has 3 aliphatic rings. The Kier molecular flexibility index (Phi) is 6.99. The van der Waals surface area contributed by atoms with E-state index in [4.69, 9.17) is 18.6 Å². The highest BCUT2D eigenvalue weighted by Gasteiger charge is 2.50. The first-order chi connectivity index (χ1) is 23.0. The Morgan fingerprint density at radius 2 is 1.94 bits per heavy atom. The number of aryl methyl sites for hydroxylation is 1. The van der Waals surface area contributed by atoms with E-state index in [1.165, 1.54) is 4.90 Å². The van der Waals surface area contributed by atoms with Crippen molar-refractivity contribution in [3.05, 3.63) is 54.5 Å². The molecule has 0 radical (unpaired) electrons. The van der Waals surface area contributed by atoms with Crippen LogP contribution in [0.4, 0.5) is 24.7 Å². The number of carbonyl (C=O) groups is 1. The van der Waals surface area contributed by atoms with Crippen molar-refractivity contribution < 1.29 is 41.7 Å². The van der Waals surface area contributed by atoms with Gasteiger partial charge in [0, 0.05) is 31.0 Å². The van der Waals surface area contributed by atoms with Crippen molar-refractivity contribution in [2.75, 3.05) is 42.7 Å². The van der Waals surface area contributed by atoms with Crippen molar-refractivity contribution in [2.24, 2.45) is 7.05 Å². The number of ether oxygens (including phenoxy) is 3. The lowest BCUT2D eigenvalue weighted by atomic mass is 9.89. The average molecular weight is 666 g/mol. The Morgan fingerprint density at radius 3 is 2.65 bits per heavy atom. The van der Waals surface area contributed by atoms with Gasteiger partial charge in [-0.1, -0.05) is 17.3 Å². The number of rotatable bonds is 6. The smallest absolute Gasteiger partial charge is 0.451 e. The molecule has 13 nitrogen and oxygen atoms in total. The predicted molar refractivity (Wildman–Crippen MR) is 165 cm³/mol. The number of hydrogen-bond donors (Lipinski definition) is 1. The normalized spacial score (nSPS) is 22.5. The summed E-state index contributed by atoms with van der Waals surface area (Å²) in [4.78, 5) is 23.7. The molecule has 2 aromatic carbocycles. The first-order valence-electron chi connectivity index (χ1n) is 15.4. The lowest BCUT2D eigenvalue weighted by Gasteiger charge is -2.53. The molecule has 0 bridgehead atoms. The molecule has 6 heterocycles. The van der Waals surface area contributed by atoms with Gasteiger partial charge >= 0.3 is 12.1 Å². The van der Waals surface area contributed by atoms with E-state index >= 15 is 0 Å². The number of furan rings is 1. The summed E-state index contributed by atoms with van der Waals surface area (Å²) in [5, 5.41) is 18.9. The molecular formula is C32H30F3N7O6. The van der Waals surface area contributed by atoms with Crippen LogP contribution in [0.1, 0.15) is 19.2 Å². The maximum Gasteiger partial charge on any atom is 0.451 e. The summed E-state index contributed by atoms with van der Waals surface area (Å²) in [6.45, 7) is 3.92. The minimum absolute atomic E-state index is 0.0236. The number of carboxylic acids is 1. The Balaban J connectivity index is 1.18. The van der Waals surface area contributed by atoms with Crippen molar-refractivity contribution in [1.29, 1.82) is 0 Å². The van der Waals surface area contributed by atoms with E-state index in [1.807, 2.05) is 12.1 Å². The van der Waals surface area contributed by atoms with Crippen molar-refractivity contribution in [3.8, 4) is 17.0 Å². The number of alkyl halides is 3. The van der Waals surface area contributed by atoms with E-state index in [0.717, 1.165) is 11.3 Å². The molecule has 0 unspecified atom stereocenters. The summed E-state index contributed by atoms with van der Waals surface area (Å²) in [5.74, 6) is -2.39. The number of morpholine rings is 1. The number of fused-ring (bicyclic) bond motifs is 3. The van der Waals surface area contributed by atoms with Crippen LogP contribution < -0.4 is 14.5 Å². The average Bonchev–Trinajstić information content (AvgIpc) is 3.77. The Hall–Kier alpha value is -4.96. The fourth-order valence-corrected chi connectivity index (χ4v) is 6.81. The fourth-order valence-electron chi connectivity index (χ4n) is 6.81. The van der Waals surface area contributed by atoms with Gasteiger partial charge in [0.15, 0.2) is 11.4 Å². The van der Waals surface area contributed by atoms with E-state index in [1.54, 1.807) is 48.3 Å². The molecule has 16 heteroatoms. The summed E-state index contributed by atoms with van der Waals surface area (Å²) >= 11 is 0. The van der Waals surface area contributed by atoms with Crippen molar-refractivity contribution in [1.82, 2.24) is 25.0 Å². The zero-order valence-electron chi connectivity index (χ0n) is 25.8. The van der Waals surface area contributed by atoms with Crippen LogP contribution in [0.2, 0.25) is 0 Å². The zero-order chi connectivity index (χ0) is 33.4. The van der Waals surface area contributed by atoms with E-state index in [9.17, 15) is 23.1 Å². The summed E-state index contributed by atoms with van der Waals surface area (Å²) in [6, 6.07) is 10.8. The van der Waals surface area contributed by atoms with Crippen LogP contribution in [0, 0.1) is 0 Å². The molecule has 250 valence electrons. The highest BCUT2D eigenvalue weighted by molar-refractivity contribution is 6.06. The molecule has 1 N–H and O–H groups in total. The quantitative estimate of drug-likeness (QED) is 0.277. The molecular weight excluding hydrogens is 635 g/mol. The van der Waals surface area contributed by atoms with Crippen LogP contribution in [-0.4, -0.2) is 92.7 Å². The molecule has 1 spiro atoms. The van der Waals surface area contributed by atoms with Gasteiger partial charge in [-0.25, -0.2) is 14.8 Å². The lowest BCUT2D eigenvalue weighted by Crippen LogP contribution is -2.68. The standard InChI is InChI=1S/C32H30F3N7O6/c1-17-31(15-45-16-31)46-10-9-41(17)22-11-18(21-14-40(2)39-38-21)7-8-25(22)47-19-12-23(29(43)44)42(13-19)28-27-26(36-30(37-28)32(33,34)35)20-5-3-4-6-24(20)48-27/h3-8,11,14,17,19,23H,9-10,12-13,15-16H2,1-2H3,(H,43,44)/t17-,19-,23-/m0/s1. The van der Waals surface area contributed by atoms with Crippen molar-refractivity contribution in [2.45, 2.75) is 43.3 Å². The number of aromatic nitrogens is 5. The van der Waals surface area contributed by atoms with Gasteiger partial charge in [-0.15, -0.1) is 5.10 Å². The highest BCUT2D eigenvalue weighted by atomic mass is 19.4. The van der Waals surface area contributed by atoms with Gasteiger partial charge < -0.3 is 33.5 Å². The summed E-state index contributed by atoms with van der Waals surface area (Å²) in [6.07, 6.45) is -3.84. The minimum Gasteiger partial charge on any atom is -0.486 e. The Labute approximate surface area is 270 Å². The summed E-state index contributed by atoms with van der Waals surface area (Å²) in [7, 11) is 1.78. The summed E-state index contributed by atoms with van der Waals surface area (Å²) < 4.78 is 67.9. The van der Waals surface area contributed by atoms with Crippen LogP contribution in [0.25, 0.3) is 33.3 Å². The van der Waals surface area contributed by atoms with Crippen LogP contribution in [0.3, 0.4) is 0 Å². The summed E-state index contributed by atoms with van der Waals surface area (Å²) in [5.41, 5.74) is 1.96. The van der Waals surface area contributed by atoms with E-state index < -0.39 is 35.7 Å². The number of halogens is 3. The number of benzene rings is 2. The maximum absolute atomic E-state index is 14.1. The van der Waals surface area contributed by atoms with Crippen LogP contribution in [0.15, 0.2) is 53.1 Å². The first-order valence-corrected chi connectivity index (χ1v) is 15.4. The van der Waals surface area contributed by atoms with Crippen molar-refractivity contribution in [3.63, 3.8) is 0 Å². The molecule has 8 rings (SSSR count). The molecule has 0 aliphatic carbocycles. The molecule has 0 saturated carbocycles. The number of anilines is 2. The number of nitrogens with zero attached hydrogens (tertiary/aromatic N) is 7. The van der Waals surface area contributed by atoms with Crippen LogP contribution in [0.5, 0.6) is 5.75 Å². The fraction of sp³-hybridized carbons (Fsp3) is 0.406. The number of hydrogen-bond acceptors (Lipinski definition) is 11. The Morgan fingerprint density at radius 1 is 1.12 bits per heavy atom. The van der Waals surface area contributed by atoms with Gasteiger partial charge in [-0.3, -0.25) is 4.68 Å². The highest BCUT2D eigenvalue weighted by Crippen LogP contribution is 2.43. The topological polar surface area (TPSA) is 141 Å². The maximum atomic E-state index is 14.1. The molecule has 48 heavy (non-hydrogen) atoms. The SMILES string of the molecule is C[C@@H]1N(c2cc(-c3cn(C)nn3)ccc2O[C@H]2C[C@@H](C(=O)O)N(c3nc(C(F)(F)F)nc4c3oc3ccccc34)C2)CCOC12COC2. The van der Waals surface area contributed by atoms with Gasteiger partial charge in [0.1, 0.15) is 40.3 Å². The van der Waals surface area contributed by atoms with Crippen LogP contribution in [-0.2, 0) is 27.5 Å². The van der Waals surface area contributed by atoms with E-state index in [2.05, 4.69) is 32.1 Å². The minimum atomic E-state index is -4.88. The molecule has 3 aliphatic heterocycles. The van der Waals surface area contributed by atoms with Crippen molar-refractivity contribution >= 4 is 39.5 Å². The molecule has 0 amide bonds. The molecule has 5 aromatic rings. The second-order valence-electron chi connectivity index (χ2n) is 12.4. The van der Waals surface area contributed by atoms with E-state index in [-0.39, 0.29) is 35.9 Å². The monoisotopic (exact) mass is 665 g/mol. The lowest BCUT2D eigenvalue weighted by molar-refractivity contribution is -0.228. The number of para-hydroxylation sites is 1. The van der Waals surface area contributed by atoms with Gasteiger partial charge in [0.25, 0.3) is 0 Å². The number of aliphatic carboxylic acids is 1. The third-order valence-electron chi connectivity index (χ3n) is 9.38. The van der Waals surface area contributed by atoms with Gasteiger partial charge in [0.05, 0.1) is 44.3 Å². The third-order valence-corrected chi connectivity index (χ3v) is 9.38. The van der Waals surface area contributed by atoms with Gasteiger partial charge in [0.2, 0.25) is 5.82 Å². The number of carboxylic acid groups (broad SMARTS) is 1. The molecule has 3 saturated heterocycles. The van der Waals surface area contributed by atoms with Crippen LogP contribution >= 0.6 is 0 Å². The molecule has 3 atom stereocenters. The molecule has 3 fully saturated rings. The van der Waals surface area contributed by atoms with Gasteiger partial charge in [-0.2, -0.15) is 13.2 Å². The predicted octanol–water partition coefficient (Wildman–Crippen LogP) is 4.30. The zero-order valence-corrected chi connectivity index (χ0v) is 25.8. The van der Waals surface area contributed by atoms with Gasteiger partial charge in [-0.05, 0) is 37.3 Å². The van der Waals surface area contributed by atoms with E-state index in [0.29, 0.717) is 48.8 Å². The second-order valence-corrected chi connectivity index (χ2v) is 12.4. The largest absolute Gasteiger partial charge is 0.486 e. The third kappa shape index (κ3) is 4.97. The first kappa shape index (κ1) is 30.4.